The average molecular weight is 224 g/mol. The van der Waals surface area contributed by atoms with Gasteiger partial charge in [-0.2, -0.15) is 0 Å². The molecule has 2 heteroatoms. The van der Waals surface area contributed by atoms with Gasteiger partial charge in [-0.3, -0.25) is 0 Å². The summed E-state index contributed by atoms with van der Waals surface area (Å²) in [5.74, 6) is 0. The van der Waals surface area contributed by atoms with Crippen molar-refractivity contribution in [2.24, 2.45) is 0 Å². The fourth-order valence-electron chi connectivity index (χ4n) is 1.20. The molecule has 92 valence electrons. The Labute approximate surface area is 99.6 Å². The Bertz CT molecular complexity index is 241. The van der Waals surface area contributed by atoms with Gasteiger partial charge < -0.3 is 9.47 Å². The first kappa shape index (κ1) is 15.1. The standard InChI is InChI=1S/C14H24O2/c1-6-15-14(16-7-2)11-13(5)10-8-9-12(3)4/h8-10,14H,5-7,11H2,1-4H3/b10-8+. The molecule has 0 heterocycles. The van der Waals surface area contributed by atoms with E-state index >= 15 is 0 Å². The molecular formula is C14H24O2. The Kier molecular flexibility index (Phi) is 8.87. The van der Waals surface area contributed by atoms with E-state index in [0.717, 1.165) is 12.0 Å². The first-order chi connectivity index (χ1) is 7.60. The van der Waals surface area contributed by atoms with Crippen LogP contribution in [0.25, 0.3) is 0 Å². The van der Waals surface area contributed by atoms with E-state index < -0.39 is 0 Å². The van der Waals surface area contributed by atoms with E-state index in [4.69, 9.17) is 9.47 Å². The lowest BCUT2D eigenvalue weighted by atomic mass is 10.2. The van der Waals surface area contributed by atoms with Gasteiger partial charge in [0, 0.05) is 19.6 Å². The van der Waals surface area contributed by atoms with Crippen LogP contribution in [-0.4, -0.2) is 19.5 Å². The number of hydrogen-bond donors (Lipinski definition) is 0. The molecule has 0 radical (unpaired) electrons. The topological polar surface area (TPSA) is 18.5 Å². The van der Waals surface area contributed by atoms with Crippen LogP contribution in [0.3, 0.4) is 0 Å². The van der Waals surface area contributed by atoms with Crippen LogP contribution in [0.2, 0.25) is 0 Å². The van der Waals surface area contributed by atoms with E-state index in [1.165, 1.54) is 5.57 Å². The second-order valence-corrected chi connectivity index (χ2v) is 3.81. The predicted molar refractivity (Wildman–Crippen MR) is 69.4 cm³/mol. The molecule has 0 saturated carbocycles. The van der Waals surface area contributed by atoms with E-state index in [9.17, 15) is 0 Å². The van der Waals surface area contributed by atoms with Crippen molar-refractivity contribution in [1.82, 2.24) is 0 Å². The van der Waals surface area contributed by atoms with Crippen molar-refractivity contribution in [2.45, 2.75) is 40.4 Å². The van der Waals surface area contributed by atoms with Crippen molar-refractivity contribution < 1.29 is 9.47 Å². The molecule has 0 rings (SSSR count). The number of allylic oxidation sites excluding steroid dienone is 4. The third-order valence-corrected chi connectivity index (χ3v) is 1.90. The van der Waals surface area contributed by atoms with Crippen molar-refractivity contribution in [3.05, 3.63) is 36.0 Å². The van der Waals surface area contributed by atoms with Gasteiger partial charge in [-0.1, -0.05) is 36.0 Å². The van der Waals surface area contributed by atoms with E-state index in [1.807, 2.05) is 26.0 Å². The highest BCUT2D eigenvalue weighted by molar-refractivity contribution is 5.20. The molecule has 0 aromatic carbocycles. The maximum atomic E-state index is 5.45. The van der Waals surface area contributed by atoms with Crippen LogP contribution in [-0.2, 0) is 9.47 Å². The molecule has 0 unspecified atom stereocenters. The molecule has 0 aromatic heterocycles. The third kappa shape index (κ3) is 8.45. The van der Waals surface area contributed by atoms with Gasteiger partial charge in [-0.25, -0.2) is 0 Å². The fraction of sp³-hybridized carbons (Fsp3) is 0.571. The lowest BCUT2D eigenvalue weighted by molar-refractivity contribution is -0.134. The predicted octanol–water partition coefficient (Wildman–Crippen LogP) is 3.85. The molecule has 0 fully saturated rings. The van der Waals surface area contributed by atoms with Crippen LogP contribution in [0.4, 0.5) is 0 Å². The van der Waals surface area contributed by atoms with Crippen LogP contribution in [0.15, 0.2) is 36.0 Å². The third-order valence-electron chi connectivity index (χ3n) is 1.90. The Morgan fingerprint density at radius 1 is 1.19 bits per heavy atom. The van der Waals surface area contributed by atoms with Gasteiger partial charge >= 0.3 is 0 Å². The molecule has 0 N–H and O–H groups in total. The average Bonchev–Trinajstić information content (AvgIpc) is 2.17. The maximum Gasteiger partial charge on any atom is 0.161 e. The number of ether oxygens (including phenoxy) is 2. The lowest BCUT2D eigenvalue weighted by Gasteiger charge is -2.16. The molecule has 2 nitrogen and oxygen atoms in total. The second kappa shape index (κ2) is 9.37. The molecule has 0 saturated heterocycles. The van der Waals surface area contributed by atoms with Crippen LogP contribution < -0.4 is 0 Å². The summed E-state index contributed by atoms with van der Waals surface area (Å²) < 4.78 is 10.9. The molecule has 0 bridgehead atoms. The second-order valence-electron chi connectivity index (χ2n) is 3.81. The zero-order chi connectivity index (χ0) is 12.4. The monoisotopic (exact) mass is 224 g/mol. The lowest BCUT2D eigenvalue weighted by Crippen LogP contribution is -2.17. The molecule has 16 heavy (non-hydrogen) atoms. The van der Waals surface area contributed by atoms with Crippen LogP contribution in [0.5, 0.6) is 0 Å². The quantitative estimate of drug-likeness (QED) is 0.460. The maximum absolute atomic E-state index is 5.45. The summed E-state index contributed by atoms with van der Waals surface area (Å²) >= 11 is 0. The van der Waals surface area contributed by atoms with Gasteiger partial charge in [-0.05, 0) is 27.7 Å². The van der Waals surface area contributed by atoms with Crippen molar-refractivity contribution >= 4 is 0 Å². The van der Waals surface area contributed by atoms with Crippen LogP contribution >= 0.6 is 0 Å². The van der Waals surface area contributed by atoms with Crippen molar-refractivity contribution in [3.63, 3.8) is 0 Å². The van der Waals surface area contributed by atoms with E-state index in [-0.39, 0.29) is 6.29 Å². The first-order valence-corrected chi connectivity index (χ1v) is 5.82. The Balaban J connectivity index is 4.08. The molecule has 0 aliphatic carbocycles. The summed E-state index contributed by atoms with van der Waals surface area (Å²) in [7, 11) is 0. The zero-order valence-electron chi connectivity index (χ0n) is 11.0. The summed E-state index contributed by atoms with van der Waals surface area (Å²) in [6.07, 6.45) is 6.61. The minimum atomic E-state index is -0.168. The highest BCUT2D eigenvalue weighted by atomic mass is 16.7. The highest BCUT2D eigenvalue weighted by Crippen LogP contribution is 2.10. The minimum absolute atomic E-state index is 0.168. The highest BCUT2D eigenvalue weighted by Gasteiger charge is 2.07. The summed E-state index contributed by atoms with van der Waals surface area (Å²) in [5.41, 5.74) is 2.29. The van der Waals surface area contributed by atoms with Gasteiger partial charge in [0.05, 0.1) is 0 Å². The van der Waals surface area contributed by atoms with E-state index in [0.29, 0.717) is 13.2 Å². The largest absolute Gasteiger partial charge is 0.353 e. The van der Waals surface area contributed by atoms with Gasteiger partial charge in [0.1, 0.15) is 0 Å². The van der Waals surface area contributed by atoms with Crippen LogP contribution in [0.1, 0.15) is 34.1 Å². The zero-order valence-corrected chi connectivity index (χ0v) is 11.0. The van der Waals surface area contributed by atoms with Gasteiger partial charge in [0.15, 0.2) is 6.29 Å². The molecule has 0 aliphatic heterocycles. The van der Waals surface area contributed by atoms with Crippen LogP contribution in [0, 0.1) is 0 Å². The summed E-state index contributed by atoms with van der Waals surface area (Å²) in [5, 5.41) is 0. The Morgan fingerprint density at radius 2 is 1.75 bits per heavy atom. The molecule has 0 amide bonds. The smallest absolute Gasteiger partial charge is 0.161 e. The van der Waals surface area contributed by atoms with Crippen molar-refractivity contribution in [2.75, 3.05) is 13.2 Å². The Morgan fingerprint density at radius 3 is 2.19 bits per heavy atom. The molecular weight excluding hydrogens is 200 g/mol. The number of hydrogen-bond acceptors (Lipinski definition) is 2. The summed E-state index contributed by atoms with van der Waals surface area (Å²) in [6.45, 7) is 13.4. The van der Waals surface area contributed by atoms with Gasteiger partial charge in [0.25, 0.3) is 0 Å². The van der Waals surface area contributed by atoms with Gasteiger partial charge in [-0.15, -0.1) is 0 Å². The normalized spacial score (nSPS) is 11.1. The van der Waals surface area contributed by atoms with E-state index in [2.05, 4.69) is 26.5 Å². The Hall–Kier alpha value is -0.860. The van der Waals surface area contributed by atoms with Crippen molar-refractivity contribution in [1.29, 1.82) is 0 Å². The fourth-order valence-corrected chi connectivity index (χ4v) is 1.20. The first-order valence-electron chi connectivity index (χ1n) is 5.82. The summed E-state index contributed by atoms with van der Waals surface area (Å²) in [4.78, 5) is 0. The summed E-state index contributed by atoms with van der Waals surface area (Å²) in [6, 6.07) is 0. The number of rotatable bonds is 8. The van der Waals surface area contributed by atoms with Gasteiger partial charge in [0.2, 0.25) is 0 Å². The minimum Gasteiger partial charge on any atom is -0.353 e. The molecule has 0 aromatic rings. The molecule has 0 spiro atoms. The molecule has 0 atom stereocenters. The SMILES string of the molecule is C=C(/C=C/C=C(C)C)CC(OCC)OCC. The van der Waals surface area contributed by atoms with Crippen molar-refractivity contribution in [3.8, 4) is 0 Å². The molecule has 0 aliphatic rings. The van der Waals surface area contributed by atoms with E-state index in [1.54, 1.807) is 0 Å².